The van der Waals surface area contributed by atoms with Crippen LogP contribution in [0.25, 0.3) is 6.08 Å². The molecule has 2 fully saturated rings. The van der Waals surface area contributed by atoms with Gasteiger partial charge in [0.25, 0.3) is 11.1 Å². The summed E-state index contributed by atoms with van der Waals surface area (Å²) >= 11 is 0.866. The van der Waals surface area contributed by atoms with Crippen molar-refractivity contribution in [3.05, 3.63) is 65.1 Å². The van der Waals surface area contributed by atoms with Gasteiger partial charge < -0.3 is 9.64 Å². The van der Waals surface area contributed by atoms with Gasteiger partial charge in [-0.05, 0) is 60.5 Å². The summed E-state index contributed by atoms with van der Waals surface area (Å²) in [6.45, 7) is 1.19. The van der Waals surface area contributed by atoms with Crippen LogP contribution in [0, 0.1) is 0 Å². The fourth-order valence-corrected chi connectivity index (χ4v) is 4.47. The molecular formula is C24H24N2O4S. The molecule has 2 heterocycles. The number of amides is 3. The number of ether oxygens (including phenoxy) is 1. The van der Waals surface area contributed by atoms with Crippen LogP contribution in [0.2, 0.25) is 0 Å². The van der Waals surface area contributed by atoms with Crippen molar-refractivity contribution in [2.45, 2.75) is 25.7 Å². The van der Waals surface area contributed by atoms with E-state index in [9.17, 15) is 14.4 Å². The minimum atomic E-state index is -0.424. The first kappa shape index (κ1) is 21.2. The van der Waals surface area contributed by atoms with Crippen molar-refractivity contribution >= 4 is 34.9 Å². The number of rotatable bonds is 5. The largest absolute Gasteiger partial charge is 0.457 e. The molecule has 31 heavy (non-hydrogen) atoms. The third-order valence-corrected chi connectivity index (χ3v) is 6.17. The van der Waals surface area contributed by atoms with Gasteiger partial charge in [-0.2, -0.15) is 0 Å². The molecular weight excluding hydrogens is 412 g/mol. The number of likely N-dealkylation sites (tertiary alicyclic amines) is 1. The van der Waals surface area contributed by atoms with E-state index in [4.69, 9.17) is 4.74 Å². The number of carbonyl (C=O) groups is 3. The van der Waals surface area contributed by atoms with E-state index in [-0.39, 0.29) is 12.5 Å². The molecule has 0 bridgehead atoms. The lowest BCUT2D eigenvalue weighted by Crippen LogP contribution is -2.42. The number of thioether (sulfide) groups is 1. The molecule has 6 nitrogen and oxygen atoms in total. The van der Waals surface area contributed by atoms with E-state index in [0.717, 1.165) is 47.9 Å². The van der Waals surface area contributed by atoms with Gasteiger partial charge in [0.1, 0.15) is 18.0 Å². The summed E-state index contributed by atoms with van der Waals surface area (Å²) in [4.78, 5) is 41.0. The SMILES string of the molecule is O=C(CN1C(=O)SC(=Cc2cccc(Oc3ccccc3)c2)C1=O)N1CCCCCC1. The van der Waals surface area contributed by atoms with Gasteiger partial charge in [0.15, 0.2) is 0 Å². The molecule has 0 spiro atoms. The van der Waals surface area contributed by atoms with Crippen LogP contribution in [0.5, 0.6) is 11.5 Å². The van der Waals surface area contributed by atoms with E-state index < -0.39 is 11.1 Å². The molecule has 3 amide bonds. The molecule has 0 aromatic heterocycles. The van der Waals surface area contributed by atoms with Crippen LogP contribution in [0.4, 0.5) is 4.79 Å². The van der Waals surface area contributed by atoms with Crippen molar-refractivity contribution in [3.8, 4) is 11.5 Å². The smallest absolute Gasteiger partial charge is 0.294 e. The zero-order valence-corrected chi connectivity index (χ0v) is 18.0. The lowest BCUT2D eigenvalue weighted by atomic mass is 10.2. The van der Waals surface area contributed by atoms with Gasteiger partial charge in [0.05, 0.1) is 4.91 Å². The maximum Gasteiger partial charge on any atom is 0.294 e. The standard InChI is InChI=1S/C24H24N2O4S/c27-22(25-13-6-1-2-7-14-25)17-26-23(28)21(31-24(26)29)16-18-9-8-12-20(15-18)30-19-10-4-3-5-11-19/h3-5,8-12,15-16H,1-2,6-7,13-14,17H2. The van der Waals surface area contributed by atoms with Gasteiger partial charge in [0, 0.05) is 13.1 Å². The summed E-state index contributed by atoms with van der Waals surface area (Å²) in [5, 5.41) is -0.406. The Labute approximate surface area is 185 Å². The van der Waals surface area contributed by atoms with Crippen molar-refractivity contribution in [1.82, 2.24) is 9.80 Å². The van der Waals surface area contributed by atoms with Crippen LogP contribution in [-0.2, 0) is 9.59 Å². The third kappa shape index (κ3) is 5.35. The molecule has 0 unspecified atom stereocenters. The molecule has 2 aliphatic rings. The van der Waals surface area contributed by atoms with Gasteiger partial charge >= 0.3 is 0 Å². The quantitative estimate of drug-likeness (QED) is 0.623. The molecule has 4 rings (SSSR count). The van der Waals surface area contributed by atoms with E-state index in [1.54, 1.807) is 11.0 Å². The summed E-state index contributed by atoms with van der Waals surface area (Å²) < 4.78 is 5.83. The number of hydrogen-bond donors (Lipinski definition) is 0. The predicted molar refractivity (Wildman–Crippen MR) is 121 cm³/mol. The van der Waals surface area contributed by atoms with Crippen molar-refractivity contribution < 1.29 is 19.1 Å². The van der Waals surface area contributed by atoms with Crippen LogP contribution in [-0.4, -0.2) is 46.5 Å². The molecule has 160 valence electrons. The molecule has 2 aromatic rings. The molecule has 2 aromatic carbocycles. The monoisotopic (exact) mass is 436 g/mol. The van der Waals surface area contributed by atoms with Gasteiger partial charge in [0.2, 0.25) is 5.91 Å². The van der Waals surface area contributed by atoms with Crippen LogP contribution in [0.15, 0.2) is 59.5 Å². The summed E-state index contributed by atoms with van der Waals surface area (Å²) in [5.41, 5.74) is 0.748. The highest BCUT2D eigenvalue weighted by atomic mass is 32.2. The fraction of sp³-hybridized carbons (Fsp3) is 0.292. The Bertz CT molecular complexity index is 998. The number of imide groups is 1. The maximum atomic E-state index is 12.8. The van der Waals surface area contributed by atoms with Crippen LogP contribution >= 0.6 is 11.8 Å². The van der Waals surface area contributed by atoms with Crippen molar-refractivity contribution in [2.24, 2.45) is 0 Å². The Kier molecular flexibility index (Phi) is 6.72. The molecule has 2 aliphatic heterocycles. The van der Waals surface area contributed by atoms with Crippen molar-refractivity contribution in [2.75, 3.05) is 19.6 Å². The van der Waals surface area contributed by atoms with E-state index >= 15 is 0 Å². The molecule has 0 radical (unpaired) electrons. The second kappa shape index (κ2) is 9.83. The van der Waals surface area contributed by atoms with Crippen molar-refractivity contribution in [1.29, 1.82) is 0 Å². The molecule has 0 saturated carbocycles. The van der Waals surface area contributed by atoms with Gasteiger partial charge in [-0.25, -0.2) is 0 Å². The van der Waals surface area contributed by atoms with Crippen LogP contribution in [0.3, 0.4) is 0 Å². The average molecular weight is 437 g/mol. The Morgan fingerprint density at radius 1 is 0.935 bits per heavy atom. The van der Waals surface area contributed by atoms with Crippen LogP contribution in [0.1, 0.15) is 31.2 Å². The first-order valence-corrected chi connectivity index (χ1v) is 11.3. The molecule has 2 saturated heterocycles. The average Bonchev–Trinajstić information content (AvgIpc) is 2.97. The van der Waals surface area contributed by atoms with E-state index in [0.29, 0.717) is 29.5 Å². The fourth-order valence-electron chi connectivity index (χ4n) is 3.64. The summed E-state index contributed by atoms with van der Waals surface area (Å²) in [6.07, 6.45) is 5.82. The number of nitrogens with zero attached hydrogens (tertiary/aromatic N) is 2. The van der Waals surface area contributed by atoms with E-state index in [1.807, 2.05) is 54.6 Å². The molecule has 0 aliphatic carbocycles. The normalized spacial score (nSPS) is 18.4. The minimum absolute atomic E-state index is 0.163. The maximum absolute atomic E-state index is 12.8. The Hall–Kier alpha value is -3.06. The molecule has 0 atom stereocenters. The predicted octanol–water partition coefficient (Wildman–Crippen LogP) is 4.92. The summed E-state index contributed by atoms with van der Waals surface area (Å²) in [7, 11) is 0. The lowest BCUT2D eigenvalue weighted by molar-refractivity contribution is -0.135. The first-order valence-electron chi connectivity index (χ1n) is 10.5. The number of benzene rings is 2. The highest BCUT2D eigenvalue weighted by molar-refractivity contribution is 8.18. The molecule has 0 N–H and O–H groups in total. The third-order valence-electron chi connectivity index (χ3n) is 5.26. The Balaban J connectivity index is 1.44. The zero-order valence-electron chi connectivity index (χ0n) is 17.2. The zero-order chi connectivity index (χ0) is 21.6. The van der Waals surface area contributed by atoms with E-state index in [2.05, 4.69) is 0 Å². The minimum Gasteiger partial charge on any atom is -0.457 e. The summed E-state index contributed by atoms with van der Waals surface area (Å²) in [5.74, 6) is 0.763. The lowest BCUT2D eigenvalue weighted by Gasteiger charge is -2.22. The van der Waals surface area contributed by atoms with Gasteiger partial charge in [-0.15, -0.1) is 0 Å². The van der Waals surface area contributed by atoms with Gasteiger partial charge in [-0.1, -0.05) is 43.2 Å². The Morgan fingerprint density at radius 3 is 2.39 bits per heavy atom. The van der Waals surface area contributed by atoms with E-state index in [1.165, 1.54) is 0 Å². The first-order chi connectivity index (χ1) is 15.1. The second-order valence-corrected chi connectivity index (χ2v) is 8.54. The highest BCUT2D eigenvalue weighted by Crippen LogP contribution is 2.33. The second-order valence-electron chi connectivity index (χ2n) is 7.55. The number of para-hydroxylation sites is 1. The molecule has 7 heteroatoms. The number of hydrogen-bond acceptors (Lipinski definition) is 5. The summed E-state index contributed by atoms with van der Waals surface area (Å²) in [6, 6.07) is 16.7. The van der Waals surface area contributed by atoms with Crippen molar-refractivity contribution in [3.63, 3.8) is 0 Å². The Morgan fingerprint density at radius 2 is 1.65 bits per heavy atom. The van der Waals surface area contributed by atoms with Gasteiger partial charge in [-0.3, -0.25) is 19.3 Å². The topological polar surface area (TPSA) is 66.9 Å². The van der Waals surface area contributed by atoms with Crippen LogP contribution < -0.4 is 4.74 Å². The number of carbonyl (C=O) groups excluding carboxylic acids is 3. The highest BCUT2D eigenvalue weighted by Gasteiger charge is 2.37.